The van der Waals surface area contributed by atoms with E-state index in [0.29, 0.717) is 19.5 Å². The second-order valence-corrected chi connectivity index (χ2v) is 4.27. The van der Waals surface area contributed by atoms with Gasteiger partial charge in [-0.05, 0) is 13.3 Å². The second kappa shape index (κ2) is 4.57. The molecule has 84 valence electrons. The minimum absolute atomic E-state index is 0.119. The third kappa shape index (κ3) is 2.65. The van der Waals surface area contributed by atoms with Crippen molar-refractivity contribution in [3.05, 3.63) is 0 Å². The summed E-state index contributed by atoms with van der Waals surface area (Å²) in [5.41, 5.74) is 10.6. The number of hydrogen-bond donors (Lipinski definition) is 2. The molecule has 0 bridgehead atoms. The number of hydrogen-bond acceptors (Lipinski definition) is 3. The van der Waals surface area contributed by atoms with Crippen LogP contribution >= 0.6 is 12.2 Å². The third-order valence-corrected chi connectivity index (χ3v) is 3.05. The highest BCUT2D eigenvalue weighted by Gasteiger charge is 2.32. The summed E-state index contributed by atoms with van der Waals surface area (Å²) in [6.45, 7) is 2.61. The van der Waals surface area contributed by atoms with Crippen LogP contribution in [0.15, 0.2) is 0 Å². The SMILES string of the molecule is CC(C(=O)N1CCC(C(N)=O)C1)C(N)=S. The van der Waals surface area contributed by atoms with Gasteiger partial charge < -0.3 is 16.4 Å². The predicted molar refractivity (Wildman–Crippen MR) is 59.8 cm³/mol. The lowest BCUT2D eigenvalue weighted by atomic mass is 10.1. The van der Waals surface area contributed by atoms with E-state index in [2.05, 4.69) is 0 Å². The Hall–Kier alpha value is -1.17. The monoisotopic (exact) mass is 229 g/mol. The van der Waals surface area contributed by atoms with E-state index in [1.54, 1.807) is 11.8 Å². The summed E-state index contributed by atoms with van der Waals surface area (Å²) < 4.78 is 0. The summed E-state index contributed by atoms with van der Waals surface area (Å²) in [6.07, 6.45) is 0.630. The molecule has 4 N–H and O–H groups in total. The van der Waals surface area contributed by atoms with Crippen LogP contribution in [-0.2, 0) is 9.59 Å². The Morgan fingerprint density at radius 3 is 2.47 bits per heavy atom. The summed E-state index contributed by atoms with van der Waals surface area (Å²) >= 11 is 4.75. The molecule has 1 fully saturated rings. The Balaban J connectivity index is 2.57. The lowest BCUT2D eigenvalue weighted by Crippen LogP contribution is -2.39. The Labute approximate surface area is 93.8 Å². The number of thiocarbonyl (C=S) groups is 1. The molecule has 2 unspecified atom stereocenters. The normalized spacial score (nSPS) is 22.5. The molecular formula is C9H15N3O2S. The first kappa shape index (κ1) is 11.9. The quantitative estimate of drug-likeness (QED) is 0.623. The average molecular weight is 229 g/mol. The number of nitrogens with zero attached hydrogens (tertiary/aromatic N) is 1. The summed E-state index contributed by atoms with van der Waals surface area (Å²) in [7, 11) is 0. The predicted octanol–water partition coefficient (Wildman–Crippen LogP) is -0.758. The highest BCUT2D eigenvalue weighted by Crippen LogP contribution is 2.18. The van der Waals surface area contributed by atoms with Gasteiger partial charge in [0.05, 0.1) is 16.8 Å². The van der Waals surface area contributed by atoms with Crippen LogP contribution in [-0.4, -0.2) is 34.8 Å². The fourth-order valence-electron chi connectivity index (χ4n) is 1.59. The number of primary amides is 1. The van der Waals surface area contributed by atoms with Crippen molar-refractivity contribution in [3.8, 4) is 0 Å². The molecule has 1 rings (SSSR count). The number of nitrogens with two attached hydrogens (primary N) is 2. The molecule has 2 amide bonds. The number of amides is 2. The standard InChI is InChI=1S/C9H15N3O2S/c1-5(8(11)15)9(14)12-3-2-6(4-12)7(10)13/h5-6H,2-4H2,1H3,(H2,10,13)(H2,11,15). The van der Waals surface area contributed by atoms with Gasteiger partial charge in [-0.2, -0.15) is 0 Å². The van der Waals surface area contributed by atoms with E-state index in [4.69, 9.17) is 23.7 Å². The highest BCUT2D eigenvalue weighted by molar-refractivity contribution is 7.80. The first-order valence-electron chi connectivity index (χ1n) is 4.81. The molecule has 0 aromatic heterocycles. The van der Waals surface area contributed by atoms with Gasteiger partial charge in [-0.25, -0.2) is 0 Å². The molecule has 0 spiro atoms. The molecular weight excluding hydrogens is 214 g/mol. The van der Waals surface area contributed by atoms with Gasteiger partial charge in [-0.3, -0.25) is 9.59 Å². The lowest BCUT2D eigenvalue weighted by molar-refractivity contribution is -0.132. The van der Waals surface area contributed by atoms with Crippen molar-refractivity contribution in [1.29, 1.82) is 0 Å². The van der Waals surface area contributed by atoms with Crippen molar-refractivity contribution in [3.63, 3.8) is 0 Å². The molecule has 1 heterocycles. The molecule has 1 saturated heterocycles. The minimum atomic E-state index is -0.466. The fraction of sp³-hybridized carbons (Fsp3) is 0.667. The van der Waals surface area contributed by atoms with Crippen LogP contribution in [0.25, 0.3) is 0 Å². The van der Waals surface area contributed by atoms with Crippen molar-refractivity contribution >= 4 is 29.0 Å². The highest BCUT2D eigenvalue weighted by atomic mass is 32.1. The van der Waals surface area contributed by atoms with Crippen LogP contribution in [0.2, 0.25) is 0 Å². The topological polar surface area (TPSA) is 89.4 Å². The van der Waals surface area contributed by atoms with E-state index in [1.165, 1.54) is 0 Å². The van der Waals surface area contributed by atoms with Crippen molar-refractivity contribution in [2.45, 2.75) is 13.3 Å². The van der Waals surface area contributed by atoms with Gasteiger partial charge in [0.25, 0.3) is 0 Å². The molecule has 1 aliphatic heterocycles. The van der Waals surface area contributed by atoms with Gasteiger partial charge in [-0.15, -0.1) is 0 Å². The fourth-order valence-corrected chi connectivity index (χ4v) is 1.69. The van der Waals surface area contributed by atoms with Crippen molar-refractivity contribution < 1.29 is 9.59 Å². The van der Waals surface area contributed by atoms with Crippen molar-refractivity contribution in [2.75, 3.05) is 13.1 Å². The molecule has 2 atom stereocenters. The Morgan fingerprint density at radius 2 is 2.07 bits per heavy atom. The molecule has 1 aliphatic rings. The zero-order valence-corrected chi connectivity index (χ0v) is 9.42. The summed E-state index contributed by atoms with van der Waals surface area (Å²) in [5, 5.41) is 0. The van der Waals surface area contributed by atoms with Gasteiger partial charge in [0.15, 0.2) is 0 Å². The largest absolute Gasteiger partial charge is 0.393 e. The number of carbonyl (C=O) groups excluding carboxylic acids is 2. The van der Waals surface area contributed by atoms with E-state index < -0.39 is 5.92 Å². The van der Waals surface area contributed by atoms with E-state index in [1.807, 2.05) is 0 Å². The number of likely N-dealkylation sites (tertiary alicyclic amines) is 1. The van der Waals surface area contributed by atoms with Gasteiger partial charge in [-0.1, -0.05) is 12.2 Å². The zero-order chi connectivity index (χ0) is 11.6. The van der Waals surface area contributed by atoms with Crippen LogP contribution in [0, 0.1) is 11.8 Å². The molecule has 0 aliphatic carbocycles. The van der Waals surface area contributed by atoms with Crippen molar-refractivity contribution in [2.24, 2.45) is 23.3 Å². The van der Waals surface area contributed by atoms with Crippen LogP contribution in [0.4, 0.5) is 0 Å². The van der Waals surface area contributed by atoms with Crippen molar-refractivity contribution in [1.82, 2.24) is 4.90 Å². The molecule has 0 radical (unpaired) electrons. The Morgan fingerprint density at radius 1 is 1.47 bits per heavy atom. The van der Waals surface area contributed by atoms with E-state index in [9.17, 15) is 9.59 Å². The maximum Gasteiger partial charge on any atom is 0.232 e. The number of carbonyl (C=O) groups is 2. The Kier molecular flexibility index (Phi) is 3.62. The van der Waals surface area contributed by atoms with Crippen LogP contribution in [0.5, 0.6) is 0 Å². The van der Waals surface area contributed by atoms with Crippen LogP contribution < -0.4 is 11.5 Å². The first-order valence-corrected chi connectivity index (χ1v) is 5.21. The summed E-state index contributed by atoms with van der Waals surface area (Å²) in [6, 6.07) is 0. The Bertz CT molecular complexity index is 306. The van der Waals surface area contributed by atoms with Gasteiger partial charge >= 0.3 is 0 Å². The maximum absolute atomic E-state index is 11.8. The summed E-state index contributed by atoms with van der Waals surface area (Å²) in [5.74, 6) is -1.17. The van der Waals surface area contributed by atoms with Crippen LogP contribution in [0.3, 0.4) is 0 Å². The molecule has 6 heteroatoms. The van der Waals surface area contributed by atoms with Gasteiger partial charge in [0.2, 0.25) is 11.8 Å². The second-order valence-electron chi connectivity index (χ2n) is 3.80. The molecule has 0 aromatic carbocycles. The molecule has 15 heavy (non-hydrogen) atoms. The molecule has 0 saturated carbocycles. The lowest BCUT2D eigenvalue weighted by Gasteiger charge is -2.19. The van der Waals surface area contributed by atoms with E-state index >= 15 is 0 Å². The average Bonchev–Trinajstić information content (AvgIpc) is 2.64. The zero-order valence-electron chi connectivity index (χ0n) is 8.60. The first-order chi connectivity index (χ1) is 6.93. The molecule has 5 nitrogen and oxygen atoms in total. The summed E-state index contributed by atoms with van der Waals surface area (Å²) in [4.78, 5) is 24.4. The maximum atomic E-state index is 11.8. The van der Waals surface area contributed by atoms with Gasteiger partial charge in [0.1, 0.15) is 0 Å². The van der Waals surface area contributed by atoms with Gasteiger partial charge in [0, 0.05) is 13.1 Å². The third-order valence-electron chi connectivity index (χ3n) is 2.70. The smallest absolute Gasteiger partial charge is 0.232 e. The minimum Gasteiger partial charge on any atom is -0.393 e. The number of rotatable bonds is 3. The van der Waals surface area contributed by atoms with E-state index in [-0.39, 0.29) is 22.7 Å². The van der Waals surface area contributed by atoms with E-state index in [0.717, 1.165) is 0 Å². The molecule has 0 aromatic rings. The van der Waals surface area contributed by atoms with Crippen LogP contribution in [0.1, 0.15) is 13.3 Å².